The number of aromatic nitrogens is 1. The van der Waals surface area contributed by atoms with E-state index in [2.05, 4.69) is 0 Å². The summed E-state index contributed by atoms with van der Waals surface area (Å²) in [5.41, 5.74) is 0.463. The Bertz CT molecular complexity index is 720. The van der Waals surface area contributed by atoms with E-state index in [1.54, 1.807) is 30.3 Å². The van der Waals surface area contributed by atoms with Crippen LogP contribution in [0.4, 0.5) is 0 Å². The molecule has 0 saturated heterocycles. The topological polar surface area (TPSA) is 117 Å². The lowest BCUT2D eigenvalue weighted by atomic mass is 10.1. The number of carboxylic acid groups (broad SMARTS) is 2. The largest absolute Gasteiger partial charge is 0.480 e. The number of hydrogen-bond acceptors (Lipinski definition) is 4. The molecule has 0 aliphatic carbocycles. The third-order valence-corrected chi connectivity index (χ3v) is 3.40. The molecule has 0 bridgehead atoms. The molecule has 1 aromatic carbocycles. The molecule has 23 heavy (non-hydrogen) atoms. The molecule has 1 aromatic heterocycles. The van der Waals surface area contributed by atoms with E-state index in [-0.39, 0.29) is 30.3 Å². The molecule has 0 unspecified atom stereocenters. The number of rotatable bonds is 7. The zero-order chi connectivity index (χ0) is 17.0. The minimum Gasteiger partial charge on any atom is -0.480 e. The number of aliphatic hydroxyl groups excluding tert-OH is 1. The predicted octanol–water partition coefficient (Wildman–Crippen LogP) is 0.964. The van der Waals surface area contributed by atoms with Crippen LogP contribution in [-0.4, -0.2) is 44.2 Å². The summed E-state index contributed by atoms with van der Waals surface area (Å²) in [6.45, 7) is -0.435. The summed E-state index contributed by atoms with van der Waals surface area (Å²) in [6.07, 6.45) is 0. The van der Waals surface area contributed by atoms with Crippen molar-refractivity contribution in [3.8, 4) is 0 Å². The van der Waals surface area contributed by atoms with Crippen LogP contribution in [0.5, 0.6) is 0 Å². The molecule has 0 atom stereocenters. The van der Waals surface area contributed by atoms with E-state index in [1.807, 2.05) is 0 Å². The highest BCUT2D eigenvalue weighted by molar-refractivity contribution is 6.08. The molecule has 0 aliphatic rings. The Morgan fingerprint density at radius 2 is 1.57 bits per heavy atom. The lowest BCUT2D eigenvalue weighted by molar-refractivity contribution is -0.150. The Balaban J connectivity index is 2.52. The van der Waals surface area contributed by atoms with Gasteiger partial charge in [0.05, 0.1) is 12.3 Å². The van der Waals surface area contributed by atoms with Gasteiger partial charge in [0, 0.05) is 17.8 Å². The van der Waals surface area contributed by atoms with Crippen molar-refractivity contribution in [2.24, 2.45) is 0 Å². The number of hydrogen-bond donors (Lipinski definition) is 3. The molecule has 0 amide bonds. The second-order valence-electron chi connectivity index (χ2n) is 4.82. The van der Waals surface area contributed by atoms with Gasteiger partial charge in [-0.1, -0.05) is 30.3 Å². The van der Waals surface area contributed by atoms with Gasteiger partial charge in [0.15, 0.2) is 5.92 Å². The standard InChI is InChI=1S/C16H15NO6/c18-9-8-17-11(13(15(20)21)16(22)23)6-7-12(17)14(19)10-4-2-1-3-5-10/h1-7,13,18H,8-9H2,(H,20,21)(H,22,23). The van der Waals surface area contributed by atoms with Crippen LogP contribution in [0.15, 0.2) is 42.5 Å². The van der Waals surface area contributed by atoms with Crippen LogP contribution >= 0.6 is 0 Å². The Morgan fingerprint density at radius 3 is 2.09 bits per heavy atom. The number of aliphatic hydroxyl groups is 1. The van der Waals surface area contributed by atoms with Gasteiger partial charge < -0.3 is 19.9 Å². The number of aliphatic carboxylic acids is 2. The van der Waals surface area contributed by atoms with Gasteiger partial charge in [-0.15, -0.1) is 0 Å². The Labute approximate surface area is 131 Å². The number of nitrogens with zero attached hydrogens (tertiary/aromatic N) is 1. The fraction of sp³-hybridized carbons (Fsp3) is 0.188. The van der Waals surface area contributed by atoms with Crippen molar-refractivity contribution >= 4 is 17.7 Å². The molecule has 3 N–H and O–H groups in total. The number of carbonyl (C=O) groups excluding carboxylic acids is 1. The summed E-state index contributed by atoms with van der Waals surface area (Å²) in [4.78, 5) is 34.9. The second-order valence-corrected chi connectivity index (χ2v) is 4.82. The first kappa shape index (κ1) is 16.4. The van der Waals surface area contributed by atoms with Gasteiger partial charge in [-0.3, -0.25) is 14.4 Å². The van der Waals surface area contributed by atoms with Crippen LogP contribution in [0.3, 0.4) is 0 Å². The summed E-state index contributed by atoms with van der Waals surface area (Å²) in [7, 11) is 0. The molecule has 7 heteroatoms. The van der Waals surface area contributed by atoms with Gasteiger partial charge in [-0.05, 0) is 12.1 Å². The predicted molar refractivity (Wildman–Crippen MR) is 79.4 cm³/mol. The van der Waals surface area contributed by atoms with E-state index in [0.717, 1.165) is 0 Å². The maximum Gasteiger partial charge on any atom is 0.324 e. The minimum absolute atomic E-state index is 0.0571. The van der Waals surface area contributed by atoms with Crippen molar-refractivity contribution < 1.29 is 29.7 Å². The lowest BCUT2D eigenvalue weighted by Crippen LogP contribution is -2.25. The van der Waals surface area contributed by atoms with Crippen LogP contribution in [0.1, 0.15) is 27.7 Å². The highest BCUT2D eigenvalue weighted by Gasteiger charge is 2.32. The van der Waals surface area contributed by atoms with E-state index in [9.17, 15) is 19.5 Å². The second kappa shape index (κ2) is 6.89. The normalized spacial score (nSPS) is 10.7. The maximum absolute atomic E-state index is 12.5. The molecule has 0 spiro atoms. The SMILES string of the molecule is O=C(c1ccccc1)c1ccc(C(C(=O)O)C(=O)O)n1CCO. The molecular weight excluding hydrogens is 302 g/mol. The van der Waals surface area contributed by atoms with E-state index in [1.165, 1.54) is 16.7 Å². The molecule has 0 saturated carbocycles. The monoisotopic (exact) mass is 317 g/mol. The van der Waals surface area contributed by atoms with Gasteiger partial charge in [-0.2, -0.15) is 0 Å². The van der Waals surface area contributed by atoms with E-state index in [4.69, 9.17) is 10.2 Å². The Kier molecular flexibility index (Phi) is 4.92. The average Bonchev–Trinajstić information content (AvgIpc) is 2.91. The van der Waals surface area contributed by atoms with Crippen LogP contribution in [0.25, 0.3) is 0 Å². The number of benzene rings is 1. The van der Waals surface area contributed by atoms with Crippen molar-refractivity contribution in [3.63, 3.8) is 0 Å². The summed E-state index contributed by atoms with van der Waals surface area (Å²) in [6, 6.07) is 11.0. The number of ketones is 1. The van der Waals surface area contributed by atoms with Crippen LogP contribution < -0.4 is 0 Å². The first-order chi connectivity index (χ1) is 11.0. The first-order valence-electron chi connectivity index (χ1n) is 6.83. The highest BCUT2D eigenvalue weighted by Crippen LogP contribution is 2.22. The fourth-order valence-electron chi connectivity index (χ4n) is 2.38. The molecule has 120 valence electrons. The third-order valence-electron chi connectivity index (χ3n) is 3.40. The first-order valence-corrected chi connectivity index (χ1v) is 6.83. The van der Waals surface area contributed by atoms with Gasteiger partial charge in [-0.25, -0.2) is 0 Å². The van der Waals surface area contributed by atoms with Gasteiger partial charge in [0.25, 0.3) is 0 Å². The van der Waals surface area contributed by atoms with Crippen molar-refractivity contribution in [3.05, 3.63) is 59.4 Å². The summed E-state index contributed by atoms with van der Waals surface area (Å²) in [5, 5.41) is 27.4. The van der Waals surface area contributed by atoms with E-state index >= 15 is 0 Å². The smallest absolute Gasteiger partial charge is 0.324 e. The van der Waals surface area contributed by atoms with Crippen molar-refractivity contribution in [1.29, 1.82) is 0 Å². The van der Waals surface area contributed by atoms with Crippen molar-refractivity contribution in [2.75, 3.05) is 6.61 Å². The molecule has 0 aliphatic heterocycles. The van der Waals surface area contributed by atoms with Crippen LogP contribution in [0.2, 0.25) is 0 Å². The average molecular weight is 317 g/mol. The number of carbonyl (C=O) groups is 3. The fourth-order valence-corrected chi connectivity index (χ4v) is 2.38. The van der Waals surface area contributed by atoms with Crippen molar-refractivity contribution in [1.82, 2.24) is 4.57 Å². The maximum atomic E-state index is 12.5. The molecule has 1 heterocycles. The van der Waals surface area contributed by atoms with Crippen LogP contribution in [0, 0.1) is 0 Å². The van der Waals surface area contributed by atoms with E-state index in [0.29, 0.717) is 5.56 Å². The third kappa shape index (κ3) is 3.29. The van der Waals surface area contributed by atoms with Crippen molar-refractivity contribution in [2.45, 2.75) is 12.5 Å². The summed E-state index contributed by atoms with van der Waals surface area (Å²) >= 11 is 0. The molecule has 7 nitrogen and oxygen atoms in total. The Hall–Kier alpha value is -2.93. The zero-order valence-corrected chi connectivity index (χ0v) is 12.0. The molecule has 0 radical (unpaired) electrons. The van der Waals surface area contributed by atoms with E-state index < -0.39 is 17.9 Å². The van der Waals surface area contributed by atoms with Gasteiger partial charge in [0.2, 0.25) is 5.78 Å². The number of carboxylic acids is 2. The molecule has 2 rings (SSSR count). The Morgan fingerprint density at radius 1 is 0.957 bits per heavy atom. The summed E-state index contributed by atoms with van der Waals surface area (Å²) < 4.78 is 1.24. The minimum atomic E-state index is -1.81. The quantitative estimate of drug-likeness (QED) is 0.517. The molecule has 0 fully saturated rings. The van der Waals surface area contributed by atoms with Gasteiger partial charge >= 0.3 is 11.9 Å². The van der Waals surface area contributed by atoms with Crippen LogP contribution in [-0.2, 0) is 16.1 Å². The zero-order valence-electron chi connectivity index (χ0n) is 12.0. The lowest BCUT2D eigenvalue weighted by Gasteiger charge is -2.14. The molecule has 2 aromatic rings. The summed E-state index contributed by atoms with van der Waals surface area (Å²) in [5.74, 6) is -5.25. The van der Waals surface area contributed by atoms with Gasteiger partial charge in [0.1, 0.15) is 0 Å². The molecular formula is C16H15NO6. The highest BCUT2D eigenvalue weighted by atomic mass is 16.4.